The summed E-state index contributed by atoms with van der Waals surface area (Å²) in [6, 6.07) is 9.77. The summed E-state index contributed by atoms with van der Waals surface area (Å²) in [5.41, 5.74) is 0.779. The number of nitrogens with zero attached hydrogens (tertiary/aromatic N) is 2. The largest absolute Gasteiger partial charge is 0.345 e. The van der Waals surface area contributed by atoms with Crippen molar-refractivity contribution < 1.29 is 9.59 Å². The van der Waals surface area contributed by atoms with Crippen LogP contribution in [-0.2, 0) is 9.59 Å². The Morgan fingerprint density at radius 2 is 1.78 bits per heavy atom. The first-order valence-corrected chi connectivity index (χ1v) is 6.32. The molecular weight excluding hydrogens is 228 g/mol. The van der Waals surface area contributed by atoms with Crippen LogP contribution in [0.2, 0.25) is 0 Å². The normalized spacial score (nSPS) is 21.9. The topological polar surface area (TPSA) is 40.6 Å². The lowest BCUT2D eigenvalue weighted by Crippen LogP contribution is -2.64. The second kappa shape index (κ2) is 4.12. The Hall–Kier alpha value is -1.84. The highest BCUT2D eigenvalue weighted by atomic mass is 16.2. The Balaban J connectivity index is 1.70. The summed E-state index contributed by atoms with van der Waals surface area (Å²) in [4.78, 5) is 26.6. The minimum absolute atomic E-state index is 0.199. The quantitative estimate of drug-likeness (QED) is 0.580. The van der Waals surface area contributed by atoms with Crippen LogP contribution < -0.4 is 4.90 Å². The number of carbonyl (C=O) groups is 2. The SMILES string of the molecule is O=CN1CCC2(CC1)CN(c1ccccc1)C2=O. The third kappa shape index (κ3) is 1.60. The molecule has 0 saturated carbocycles. The highest BCUT2D eigenvalue weighted by Gasteiger charge is 2.53. The van der Waals surface area contributed by atoms with Crippen molar-refractivity contribution in [1.29, 1.82) is 0 Å². The van der Waals surface area contributed by atoms with E-state index in [0.29, 0.717) is 13.1 Å². The molecule has 2 aliphatic heterocycles. The summed E-state index contributed by atoms with van der Waals surface area (Å²) >= 11 is 0. The summed E-state index contributed by atoms with van der Waals surface area (Å²) in [6.07, 6.45) is 2.48. The van der Waals surface area contributed by atoms with Gasteiger partial charge in [-0.3, -0.25) is 9.59 Å². The minimum atomic E-state index is -0.199. The first-order chi connectivity index (χ1) is 8.75. The van der Waals surface area contributed by atoms with Crippen LogP contribution in [0.15, 0.2) is 30.3 Å². The van der Waals surface area contributed by atoms with E-state index in [1.165, 1.54) is 0 Å². The van der Waals surface area contributed by atoms with Gasteiger partial charge in [-0.1, -0.05) is 18.2 Å². The smallest absolute Gasteiger partial charge is 0.235 e. The second-order valence-electron chi connectivity index (χ2n) is 5.15. The number of rotatable bonds is 2. The van der Waals surface area contributed by atoms with Crippen LogP contribution in [0.25, 0.3) is 0 Å². The van der Waals surface area contributed by atoms with Crippen molar-refractivity contribution in [2.45, 2.75) is 12.8 Å². The van der Waals surface area contributed by atoms with Crippen molar-refractivity contribution in [2.24, 2.45) is 5.41 Å². The van der Waals surface area contributed by atoms with Gasteiger partial charge in [0, 0.05) is 25.3 Å². The lowest BCUT2D eigenvalue weighted by atomic mass is 9.71. The van der Waals surface area contributed by atoms with E-state index in [1.807, 2.05) is 35.2 Å². The molecule has 18 heavy (non-hydrogen) atoms. The van der Waals surface area contributed by atoms with Gasteiger partial charge in [-0.05, 0) is 25.0 Å². The van der Waals surface area contributed by atoms with Crippen molar-refractivity contribution in [3.05, 3.63) is 30.3 Å². The second-order valence-corrected chi connectivity index (χ2v) is 5.15. The number of β-lactam (4-membered cyclic amide) rings is 1. The molecule has 1 aromatic carbocycles. The highest BCUT2D eigenvalue weighted by molar-refractivity contribution is 6.04. The average molecular weight is 244 g/mol. The number of piperidine rings is 1. The number of amides is 2. The van der Waals surface area contributed by atoms with Gasteiger partial charge in [0.1, 0.15) is 0 Å². The fourth-order valence-electron chi connectivity index (χ4n) is 2.88. The van der Waals surface area contributed by atoms with E-state index in [-0.39, 0.29) is 11.3 Å². The molecule has 94 valence electrons. The van der Waals surface area contributed by atoms with Gasteiger partial charge in [0.2, 0.25) is 12.3 Å². The zero-order chi connectivity index (χ0) is 12.6. The van der Waals surface area contributed by atoms with Gasteiger partial charge in [-0.25, -0.2) is 0 Å². The van der Waals surface area contributed by atoms with Crippen LogP contribution in [-0.4, -0.2) is 36.9 Å². The standard InChI is InChI=1S/C14H16N2O2/c17-11-15-8-6-14(7-9-15)10-16(13(14)18)12-4-2-1-3-5-12/h1-5,11H,6-10H2. The van der Waals surface area contributed by atoms with Crippen molar-refractivity contribution in [1.82, 2.24) is 4.90 Å². The third-order valence-corrected chi connectivity index (χ3v) is 4.13. The summed E-state index contributed by atoms with van der Waals surface area (Å²) < 4.78 is 0. The van der Waals surface area contributed by atoms with Crippen molar-refractivity contribution >= 4 is 18.0 Å². The number of likely N-dealkylation sites (tertiary alicyclic amines) is 1. The van der Waals surface area contributed by atoms with Crippen LogP contribution in [0.1, 0.15) is 12.8 Å². The number of para-hydroxylation sites is 1. The Morgan fingerprint density at radius 1 is 1.11 bits per heavy atom. The zero-order valence-corrected chi connectivity index (χ0v) is 10.2. The lowest BCUT2D eigenvalue weighted by Gasteiger charge is -2.52. The van der Waals surface area contributed by atoms with Crippen LogP contribution in [0.5, 0.6) is 0 Å². The van der Waals surface area contributed by atoms with E-state index in [9.17, 15) is 9.59 Å². The van der Waals surface area contributed by atoms with Crippen LogP contribution >= 0.6 is 0 Å². The number of carbonyl (C=O) groups excluding carboxylic acids is 2. The predicted octanol–water partition coefficient (Wildman–Crippen LogP) is 1.27. The summed E-state index contributed by atoms with van der Waals surface area (Å²) in [5.74, 6) is 0.222. The Kier molecular flexibility index (Phi) is 2.58. The molecule has 4 nitrogen and oxygen atoms in total. The molecule has 0 N–H and O–H groups in total. The Bertz CT molecular complexity index is 464. The Morgan fingerprint density at radius 3 is 2.33 bits per heavy atom. The first kappa shape index (κ1) is 11.3. The van der Waals surface area contributed by atoms with Gasteiger partial charge < -0.3 is 9.80 Å². The Labute approximate surface area is 106 Å². The van der Waals surface area contributed by atoms with Crippen molar-refractivity contribution in [3.8, 4) is 0 Å². The molecule has 2 amide bonds. The molecule has 1 spiro atoms. The summed E-state index contributed by atoms with van der Waals surface area (Å²) in [7, 11) is 0. The maximum atomic E-state index is 12.4. The zero-order valence-electron chi connectivity index (χ0n) is 10.2. The number of anilines is 1. The summed E-state index contributed by atoms with van der Waals surface area (Å²) in [5, 5.41) is 0. The molecule has 0 unspecified atom stereocenters. The van der Waals surface area contributed by atoms with Gasteiger partial charge in [-0.2, -0.15) is 0 Å². The van der Waals surface area contributed by atoms with Gasteiger partial charge in [-0.15, -0.1) is 0 Å². The molecule has 3 rings (SSSR count). The van der Waals surface area contributed by atoms with E-state index in [0.717, 1.165) is 31.5 Å². The molecule has 2 fully saturated rings. The van der Waals surface area contributed by atoms with E-state index < -0.39 is 0 Å². The molecule has 4 heteroatoms. The van der Waals surface area contributed by atoms with Gasteiger partial charge >= 0.3 is 0 Å². The third-order valence-electron chi connectivity index (χ3n) is 4.13. The predicted molar refractivity (Wildman–Crippen MR) is 68.1 cm³/mol. The van der Waals surface area contributed by atoms with Crippen LogP contribution in [0, 0.1) is 5.41 Å². The molecule has 0 bridgehead atoms. The van der Waals surface area contributed by atoms with E-state index in [2.05, 4.69) is 0 Å². The molecular formula is C14H16N2O2. The maximum absolute atomic E-state index is 12.4. The van der Waals surface area contributed by atoms with Crippen molar-refractivity contribution in [2.75, 3.05) is 24.5 Å². The molecule has 0 aromatic heterocycles. The monoisotopic (exact) mass is 244 g/mol. The van der Waals surface area contributed by atoms with Gasteiger partial charge in [0.25, 0.3) is 0 Å². The van der Waals surface area contributed by atoms with E-state index in [4.69, 9.17) is 0 Å². The molecule has 2 saturated heterocycles. The molecule has 0 radical (unpaired) electrons. The average Bonchev–Trinajstić information content (AvgIpc) is 2.46. The fraction of sp³-hybridized carbons (Fsp3) is 0.429. The van der Waals surface area contributed by atoms with Crippen LogP contribution in [0.4, 0.5) is 5.69 Å². The maximum Gasteiger partial charge on any atom is 0.235 e. The number of hydrogen-bond acceptors (Lipinski definition) is 2. The minimum Gasteiger partial charge on any atom is -0.345 e. The molecule has 2 aliphatic rings. The van der Waals surface area contributed by atoms with E-state index in [1.54, 1.807) is 4.90 Å². The lowest BCUT2D eigenvalue weighted by molar-refractivity contribution is -0.140. The van der Waals surface area contributed by atoms with Gasteiger partial charge in [0.15, 0.2) is 0 Å². The molecule has 1 aromatic rings. The molecule has 0 aliphatic carbocycles. The molecule has 0 atom stereocenters. The number of hydrogen-bond donors (Lipinski definition) is 0. The van der Waals surface area contributed by atoms with Crippen LogP contribution in [0.3, 0.4) is 0 Å². The summed E-state index contributed by atoms with van der Waals surface area (Å²) in [6.45, 7) is 2.21. The highest BCUT2D eigenvalue weighted by Crippen LogP contribution is 2.43. The first-order valence-electron chi connectivity index (χ1n) is 6.32. The van der Waals surface area contributed by atoms with Crippen molar-refractivity contribution in [3.63, 3.8) is 0 Å². The van der Waals surface area contributed by atoms with E-state index >= 15 is 0 Å². The fourth-order valence-corrected chi connectivity index (χ4v) is 2.88. The van der Waals surface area contributed by atoms with Gasteiger partial charge in [0.05, 0.1) is 5.41 Å². The molecule has 2 heterocycles. The number of benzene rings is 1.